The monoisotopic (exact) mass is 326 g/mol. The van der Waals surface area contributed by atoms with Crippen molar-refractivity contribution in [1.29, 1.82) is 0 Å². The number of hydrogen-bond acceptors (Lipinski definition) is 3. The summed E-state index contributed by atoms with van der Waals surface area (Å²) in [6.07, 6.45) is 11.6. The molecule has 0 atom stereocenters. The fourth-order valence-corrected chi connectivity index (χ4v) is 4.34. The molecule has 0 amide bonds. The third-order valence-corrected chi connectivity index (χ3v) is 6.06. The number of aromatic nitrogens is 2. The number of aryl methyl sites for hydroxylation is 1. The van der Waals surface area contributed by atoms with Gasteiger partial charge in [-0.05, 0) is 69.2 Å². The maximum atomic E-state index is 4.39. The maximum absolute atomic E-state index is 4.39. The van der Waals surface area contributed by atoms with Crippen LogP contribution in [0.4, 0.5) is 5.69 Å². The quantitative estimate of drug-likeness (QED) is 0.861. The van der Waals surface area contributed by atoms with Crippen molar-refractivity contribution in [3.8, 4) is 0 Å². The van der Waals surface area contributed by atoms with E-state index in [0.717, 1.165) is 17.5 Å². The Balaban J connectivity index is 1.36. The van der Waals surface area contributed by atoms with E-state index in [2.05, 4.69) is 45.3 Å². The topological polar surface area (TPSA) is 23.8 Å². The zero-order chi connectivity index (χ0) is 16.5. The molecule has 0 unspecified atom stereocenters. The molecule has 0 bridgehead atoms. The summed E-state index contributed by atoms with van der Waals surface area (Å²) in [5.74, 6) is 1.82. The summed E-state index contributed by atoms with van der Waals surface area (Å²) in [7, 11) is 0. The maximum Gasteiger partial charge on any atom is 0.137 e. The fraction of sp³-hybridized carbons (Fsp3) is 0.650. The number of pyridine rings is 1. The summed E-state index contributed by atoms with van der Waals surface area (Å²) in [4.78, 5) is 9.67. The molecule has 2 aromatic rings. The molecule has 0 aliphatic carbocycles. The Kier molecular flexibility index (Phi) is 4.49. The first-order valence-corrected chi connectivity index (χ1v) is 9.59. The summed E-state index contributed by atoms with van der Waals surface area (Å²) in [5.41, 5.74) is 3.77. The van der Waals surface area contributed by atoms with Crippen LogP contribution in [0.1, 0.15) is 38.2 Å². The highest BCUT2D eigenvalue weighted by Gasteiger charge is 2.24. The van der Waals surface area contributed by atoms with Crippen LogP contribution in [-0.4, -0.2) is 47.0 Å². The molecule has 2 fully saturated rings. The van der Waals surface area contributed by atoms with Crippen LogP contribution in [0.2, 0.25) is 0 Å². The van der Waals surface area contributed by atoms with Crippen LogP contribution < -0.4 is 4.90 Å². The number of imidazole rings is 1. The van der Waals surface area contributed by atoms with Crippen LogP contribution in [0.3, 0.4) is 0 Å². The van der Waals surface area contributed by atoms with Crippen LogP contribution >= 0.6 is 0 Å². The Morgan fingerprint density at radius 3 is 2.58 bits per heavy atom. The van der Waals surface area contributed by atoms with Crippen molar-refractivity contribution >= 4 is 11.3 Å². The second kappa shape index (κ2) is 6.75. The number of piperidine rings is 2. The number of fused-ring (bicyclic) bond motifs is 1. The van der Waals surface area contributed by atoms with Gasteiger partial charge in [-0.1, -0.05) is 6.92 Å². The number of anilines is 1. The van der Waals surface area contributed by atoms with Crippen molar-refractivity contribution in [2.75, 3.05) is 37.6 Å². The number of nitrogens with zero attached hydrogens (tertiary/aromatic N) is 4. The Bertz CT molecular complexity index is 676. The Hall–Kier alpha value is -1.55. The highest BCUT2D eigenvalue weighted by Crippen LogP contribution is 2.28. The van der Waals surface area contributed by atoms with Crippen LogP contribution in [0, 0.1) is 18.8 Å². The van der Waals surface area contributed by atoms with Gasteiger partial charge >= 0.3 is 0 Å². The van der Waals surface area contributed by atoms with Gasteiger partial charge in [-0.25, -0.2) is 4.98 Å². The molecular formula is C20H30N4. The smallest absolute Gasteiger partial charge is 0.137 e. The van der Waals surface area contributed by atoms with Gasteiger partial charge in [0, 0.05) is 38.2 Å². The van der Waals surface area contributed by atoms with Crippen molar-refractivity contribution in [2.24, 2.45) is 11.8 Å². The minimum absolute atomic E-state index is 0.881. The van der Waals surface area contributed by atoms with E-state index in [-0.39, 0.29) is 0 Å². The SMILES string of the molecule is Cc1cc2nccn2cc1N1CCC(CN2CCC(C)CC2)CC1. The molecule has 0 saturated carbocycles. The molecule has 24 heavy (non-hydrogen) atoms. The van der Waals surface area contributed by atoms with E-state index >= 15 is 0 Å². The summed E-state index contributed by atoms with van der Waals surface area (Å²) >= 11 is 0. The van der Waals surface area contributed by atoms with E-state index in [1.165, 1.54) is 69.7 Å². The predicted octanol–water partition coefficient (Wildman–Crippen LogP) is 3.59. The lowest BCUT2D eigenvalue weighted by atomic mass is 9.93. The summed E-state index contributed by atoms with van der Waals surface area (Å²) in [6, 6.07) is 2.20. The lowest BCUT2D eigenvalue weighted by molar-refractivity contribution is 0.157. The molecule has 0 radical (unpaired) electrons. The van der Waals surface area contributed by atoms with Gasteiger partial charge in [-0.2, -0.15) is 0 Å². The molecule has 0 spiro atoms. The van der Waals surface area contributed by atoms with Crippen LogP contribution in [0.5, 0.6) is 0 Å². The van der Waals surface area contributed by atoms with Gasteiger partial charge in [0.2, 0.25) is 0 Å². The molecule has 2 aliphatic rings. The molecule has 0 N–H and O–H groups in total. The van der Waals surface area contributed by atoms with Crippen LogP contribution in [0.15, 0.2) is 24.7 Å². The minimum atomic E-state index is 0.881. The van der Waals surface area contributed by atoms with Crippen LogP contribution in [0.25, 0.3) is 5.65 Å². The number of likely N-dealkylation sites (tertiary alicyclic amines) is 1. The molecule has 4 nitrogen and oxygen atoms in total. The summed E-state index contributed by atoms with van der Waals surface area (Å²) in [5, 5.41) is 0. The molecular weight excluding hydrogens is 296 g/mol. The lowest BCUT2D eigenvalue weighted by Gasteiger charge is -2.38. The van der Waals surface area contributed by atoms with Crippen molar-refractivity contribution in [3.63, 3.8) is 0 Å². The first kappa shape index (κ1) is 15.9. The van der Waals surface area contributed by atoms with Gasteiger partial charge in [0.25, 0.3) is 0 Å². The van der Waals surface area contributed by atoms with Crippen molar-refractivity contribution < 1.29 is 0 Å². The van der Waals surface area contributed by atoms with Gasteiger partial charge in [-0.3, -0.25) is 0 Å². The van der Waals surface area contributed by atoms with Gasteiger partial charge < -0.3 is 14.2 Å². The van der Waals surface area contributed by atoms with Crippen molar-refractivity contribution in [2.45, 2.75) is 39.5 Å². The first-order valence-electron chi connectivity index (χ1n) is 9.59. The number of rotatable bonds is 3. The van der Waals surface area contributed by atoms with E-state index in [4.69, 9.17) is 0 Å². The van der Waals surface area contributed by atoms with Gasteiger partial charge in [0.1, 0.15) is 5.65 Å². The normalized spacial score (nSPS) is 21.7. The third-order valence-electron chi connectivity index (χ3n) is 6.06. The Morgan fingerprint density at radius 2 is 1.83 bits per heavy atom. The van der Waals surface area contributed by atoms with Gasteiger partial charge in [0.05, 0.1) is 5.69 Å². The van der Waals surface area contributed by atoms with Gasteiger partial charge in [-0.15, -0.1) is 0 Å². The average Bonchev–Trinajstić information content (AvgIpc) is 3.04. The average molecular weight is 326 g/mol. The molecule has 2 aliphatic heterocycles. The lowest BCUT2D eigenvalue weighted by Crippen LogP contribution is -2.41. The van der Waals surface area contributed by atoms with E-state index in [1.807, 2.05) is 12.4 Å². The van der Waals surface area contributed by atoms with E-state index in [0.29, 0.717) is 0 Å². The second-order valence-corrected chi connectivity index (χ2v) is 7.95. The zero-order valence-corrected chi connectivity index (χ0v) is 15.1. The van der Waals surface area contributed by atoms with E-state index in [1.54, 1.807) is 0 Å². The van der Waals surface area contributed by atoms with E-state index in [9.17, 15) is 0 Å². The Labute approximate surface area is 145 Å². The number of hydrogen-bond donors (Lipinski definition) is 0. The first-order chi connectivity index (χ1) is 11.7. The highest BCUT2D eigenvalue weighted by molar-refractivity contribution is 5.58. The standard InChI is InChI=1S/C20H30N4/c1-16-3-8-22(9-4-16)14-18-5-10-23(11-6-18)19-15-24-12-7-21-20(24)13-17(19)2/h7,12-13,15-16,18H,3-6,8-11,14H2,1-2H3. The molecule has 4 heteroatoms. The van der Waals surface area contributed by atoms with Crippen LogP contribution in [-0.2, 0) is 0 Å². The van der Waals surface area contributed by atoms with Crippen molar-refractivity contribution in [3.05, 3.63) is 30.2 Å². The molecule has 2 saturated heterocycles. The Morgan fingerprint density at radius 1 is 1.08 bits per heavy atom. The predicted molar refractivity (Wildman–Crippen MR) is 99.7 cm³/mol. The minimum Gasteiger partial charge on any atom is -0.370 e. The largest absolute Gasteiger partial charge is 0.370 e. The zero-order valence-electron chi connectivity index (χ0n) is 15.1. The molecule has 2 aromatic heterocycles. The molecule has 130 valence electrons. The molecule has 4 heterocycles. The summed E-state index contributed by atoms with van der Waals surface area (Å²) < 4.78 is 2.14. The van der Waals surface area contributed by atoms with Gasteiger partial charge in [0.15, 0.2) is 0 Å². The van der Waals surface area contributed by atoms with E-state index < -0.39 is 0 Å². The fourth-order valence-electron chi connectivity index (χ4n) is 4.34. The molecule has 4 rings (SSSR count). The summed E-state index contributed by atoms with van der Waals surface area (Å²) in [6.45, 7) is 10.9. The third kappa shape index (κ3) is 3.30. The van der Waals surface area contributed by atoms with Crippen molar-refractivity contribution in [1.82, 2.24) is 14.3 Å². The molecule has 0 aromatic carbocycles. The second-order valence-electron chi connectivity index (χ2n) is 7.95. The highest BCUT2D eigenvalue weighted by atomic mass is 15.2.